The summed E-state index contributed by atoms with van der Waals surface area (Å²) in [6, 6.07) is 72.9. The lowest BCUT2D eigenvalue weighted by Crippen LogP contribution is -2.05. The second-order valence-corrected chi connectivity index (χ2v) is 14.4. The van der Waals surface area contributed by atoms with Crippen molar-refractivity contribution < 1.29 is 4.42 Å². The molecule has 0 radical (unpaired) electrons. The van der Waals surface area contributed by atoms with Crippen molar-refractivity contribution in [2.75, 3.05) is 0 Å². The van der Waals surface area contributed by atoms with Gasteiger partial charge < -0.3 is 4.42 Å². The number of rotatable bonds is 5. The number of hydrogen-bond donors (Lipinski definition) is 0. The lowest BCUT2D eigenvalue weighted by atomic mass is 9.80. The Kier molecular flexibility index (Phi) is 7.00. The molecule has 1 heterocycles. The molecule has 0 aliphatic carbocycles. The average Bonchev–Trinajstić information content (AvgIpc) is 3.62. The predicted molar refractivity (Wildman–Crippen MR) is 228 cm³/mol. The minimum absolute atomic E-state index is 0.0400. The number of benzene rings is 10. The molecule has 0 aliphatic heterocycles. The molecule has 0 bridgehead atoms. The minimum Gasteiger partial charge on any atom is -0.455 e. The molecule has 0 saturated heterocycles. The van der Waals surface area contributed by atoms with Crippen LogP contribution < -0.4 is 0 Å². The third-order valence-electron chi connectivity index (χ3n) is 11.4. The van der Waals surface area contributed by atoms with E-state index < -0.39 is 0 Å². The van der Waals surface area contributed by atoms with Gasteiger partial charge in [-0.2, -0.15) is 0 Å². The Hall–Kier alpha value is -6.96. The minimum atomic E-state index is -0.0400. The topological polar surface area (TPSA) is 13.1 Å². The molecule has 11 rings (SSSR count). The van der Waals surface area contributed by atoms with Gasteiger partial charge in [-0.3, -0.25) is 0 Å². The zero-order valence-electron chi connectivity index (χ0n) is 29.5. The van der Waals surface area contributed by atoms with Gasteiger partial charge in [0.2, 0.25) is 0 Å². The highest BCUT2D eigenvalue weighted by atomic mass is 16.3. The highest BCUT2D eigenvalue weighted by Crippen LogP contribution is 2.48. The van der Waals surface area contributed by atoms with E-state index in [1.165, 1.54) is 76.5 Å². The van der Waals surface area contributed by atoms with Crippen LogP contribution in [0.5, 0.6) is 0 Å². The zero-order valence-corrected chi connectivity index (χ0v) is 29.5. The summed E-state index contributed by atoms with van der Waals surface area (Å²) in [5, 5.41) is 12.1. The average molecular weight is 687 g/mol. The van der Waals surface area contributed by atoms with E-state index in [0.29, 0.717) is 0 Å². The third-order valence-corrected chi connectivity index (χ3v) is 11.4. The molecule has 0 aliphatic rings. The van der Waals surface area contributed by atoms with Crippen LogP contribution in [0, 0.1) is 0 Å². The summed E-state index contributed by atoms with van der Waals surface area (Å²) in [5.41, 5.74) is 10.3. The normalized spacial score (nSPS) is 12.4. The van der Waals surface area contributed by atoms with Gasteiger partial charge in [0, 0.05) is 22.3 Å². The highest BCUT2D eigenvalue weighted by molar-refractivity contribution is 6.24. The smallest absolute Gasteiger partial charge is 0.143 e. The Morgan fingerprint density at radius 1 is 0.352 bits per heavy atom. The van der Waals surface area contributed by atoms with Crippen molar-refractivity contribution in [3.8, 4) is 22.3 Å². The second-order valence-electron chi connectivity index (χ2n) is 14.4. The maximum Gasteiger partial charge on any atom is 0.143 e. The van der Waals surface area contributed by atoms with Gasteiger partial charge in [0.1, 0.15) is 11.2 Å². The molecule has 1 nitrogen and oxygen atoms in total. The summed E-state index contributed by atoms with van der Waals surface area (Å²) >= 11 is 0. The molecule has 252 valence electrons. The van der Waals surface area contributed by atoms with Crippen LogP contribution in [0.25, 0.3) is 87.3 Å². The lowest BCUT2D eigenvalue weighted by Gasteiger charge is -2.22. The van der Waals surface area contributed by atoms with Crippen LogP contribution in [0.2, 0.25) is 0 Å². The van der Waals surface area contributed by atoms with Crippen molar-refractivity contribution in [2.24, 2.45) is 0 Å². The maximum absolute atomic E-state index is 7.13. The summed E-state index contributed by atoms with van der Waals surface area (Å²) in [6.07, 6.45) is 0. The fourth-order valence-electron chi connectivity index (χ4n) is 8.95. The van der Waals surface area contributed by atoms with Gasteiger partial charge >= 0.3 is 0 Å². The third kappa shape index (κ3) is 4.79. The Morgan fingerprint density at radius 2 is 0.926 bits per heavy atom. The summed E-state index contributed by atoms with van der Waals surface area (Å²) < 4.78 is 7.13. The van der Waals surface area contributed by atoms with Crippen molar-refractivity contribution in [1.82, 2.24) is 0 Å². The Balaban J connectivity index is 1.23. The summed E-state index contributed by atoms with van der Waals surface area (Å²) in [6.45, 7) is 0. The van der Waals surface area contributed by atoms with Crippen LogP contribution in [0.1, 0.15) is 22.6 Å². The van der Waals surface area contributed by atoms with Gasteiger partial charge in [-0.25, -0.2) is 0 Å². The summed E-state index contributed by atoms with van der Waals surface area (Å²) in [4.78, 5) is 0. The van der Waals surface area contributed by atoms with Crippen LogP contribution in [0.15, 0.2) is 205 Å². The Bertz CT molecular complexity index is 3200. The Labute approximate surface area is 313 Å². The molecule has 0 N–H and O–H groups in total. The monoisotopic (exact) mass is 686 g/mol. The van der Waals surface area contributed by atoms with Crippen LogP contribution >= 0.6 is 0 Å². The van der Waals surface area contributed by atoms with E-state index in [-0.39, 0.29) is 5.92 Å². The van der Waals surface area contributed by atoms with Gasteiger partial charge in [0.15, 0.2) is 0 Å². The van der Waals surface area contributed by atoms with Gasteiger partial charge in [0.05, 0.1) is 0 Å². The first-order valence-corrected chi connectivity index (χ1v) is 18.7. The molecule has 1 aromatic heterocycles. The zero-order chi connectivity index (χ0) is 35.6. The Morgan fingerprint density at radius 3 is 1.72 bits per heavy atom. The standard InChI is InChI=1S/C53H34O/c1-2-14-34(15-3-1)35-28-30-37(31-29-35)50(45-25-12-19-36-16-4-7-20-40(36)45)46-26-13-27-49-51(46)48-33-39-18-6-9-22-42(39)52(53(48)54-49)47-32-38-17-5-8-21-41(38)43-23-10-11-24-44(43)47/h1-33,50H. The van der Waals surface area contributed by atoms with E-state index in [1.54, 1.807) is 0 Å². The predicted octanol–water partition coefficient (Wildman–Crippen LogP) is 14.7. The molecular weight excluding hydrogens is 653 g/mol. The quantitative estimate of drug-likeness (QED) is 0.130. The van der Waals surface area contributed by atoms with Crippen LogP contribution in [-0.4, -0.2) is 0 Å². The molecule has 1 atom stereocenters. The first kappa shape index (κ1) is 30.6. The van der Waals surface area contributed by atoms with E-state index in [4.69, 9.17) is 4.42 Å². The van der Waals surface area contributed by atoms with Crippen LogP contribution in [0.4, 0.5) is 0 Å². The fraction of sp³-hybridized carbons (Fsp3) is 0.0189. The van der Waals surface area contributed by atoms with Crippen LogP contribution in [-0.2, 0) is 0 Å². The van der Waals surface area contributed by atoms with Gasteiger partial charge in [0.25, 0.3) is 0 Å². The van der Waals surface area contributed by atoms with E-state index in [1.807, 2.05) is 0 Å². The summed E-state index contributed by atoms with van der Waals surface area (Å²) in [7, 11) is 0. The first-order chi connectivity index (χ1) is 26.8. The number of furan rings is 1. The highest BCUT2D eigenvalue weighted by Gasteiger charge is 2.26. The van der Waals surface area contributed by atoms with Crippen molar-refractivity contribution in [2.45, 2.75) is 5.92 Å². The molecule has 1 unspecified atom stereocenters. The summed E-state index contributed by atoms with van der Waals surface area (Å²) in [5.74, 6) is -0.0400. The van der Waals surface area contributed by atoms with Crippen molar-refractivity contribution >= 4 is 65.0 Å². The number of hydrogen-bond acceptors (Lipinski definition) is 1. The number of fused-ring (bicyclic) bond motifs is 8. The largest absolute Gasteiger partial charge is 0.455 e. The molecule has 10 aromatic carbocycles. The van der Waals surface area contributed by atoms with Gasteiger partial charge in [-0.05, 0) is 94.7 Å². The van der Waals surface area contributed by atoms with E-state index in [9.17, 15) is 0 Å². The molecule has 0 spiro atoms. The molecule has 11 aromatic rings. The molecule has 0 saturated carbocycles. The van der Waals surface area contributed by atoms with E-state index in [2.05, 4.69) is 200 Å². The van der Waals surface area contributed by atoms with Gasteiger partial charge in [-0.15, -0.1) is 0 Å². The second kappa shape index (κ2) is 12.3. The molecular formula is C53H34O. The van der Waals surface area contributed by atoms with Crippen molar-refractivity contribution in [3.63, 3.8) is 0 Å². The van der Waals surface area contributed by atoms with E-state index in [0.717, 1.165) is 27.5 Å². The van der Waals surface area contributed by atoms with Crippen molar-refractivity contribution in [1.29, 1.82) is 0 Å². The molecule has 0 amide bonds. The van der Waals surface area contributed by atoms with E-state index >= 15 is 0 Å². The van der Waals surface area contributed by atoms with Crippen molar-refractivity contribution in [3.05, 3.63) is 217 Å². The first-order valence-electron chi connectivity index (χ1n) is 18.7. The lowest BCUT2D eigenvalue weighted by molar-refractivity contribution is 0.670. The van der Waals surface area contributed by atoms with Gasteiger partial charge in [-0.1, -0.05) is 182 Å². The SMILES string of the molecule is c1ccc(-c2ccc(C(c3cccc4ccccc34)c3cccc4oc5c(-c6cc7ccccc7c7ccccc67)c6ccccc6cc5c34)cc2)cc1. The molecule has 54 heavy (non-hydrogen) atoms. The fourth-order valence-corrected chi connectivity index (χ4v) is 8.95. The molecule has 0 fully saturated rings. The van der Waals surface area contributed by atoms with Crippen LogP contribution in [0.3, 0.4) is 0 Å². The maximum atomic E-state index is 7.13. The molecule has 1 heteroatoms.